The molecule has 0 saturated carbocycles. The summed E-state index contributed by atoms with van der Waals surface area (Å²) in [4.78, 5) is 12.0. The summed E-state index contributed by atoms with van der Waals surface area (Å²) in [5, 5.41) is 3.95. The van der Waals surface area contributed by atoms with E-state index in [-0.39, 0.29) is 5.91 Å². The molecule has 0 radical (unpaired) electrons. The van der Waals surface area contributed by atoms with Gasteiger partial charge >= 0.3 is 0 Å². The van der Waals surface area contributed by atoms with Crippen molar-refractivity contribution in [2.45, 2.75) is 0 Å². The first-order chi connectivity index (χ1) is 11.6. The molecule has 0 aliphatic heterocycles. The summed E-state index contributed by atoms with van der Waals surface area (Å²) in [5.74, 6) is 1.27. The van der Waals surface area contributed by atoms with Crippen LogP contribution in [0.5, 0.6) is 17.2 Å². The maximum absolute atomic E-state index is 12.0. The predicted molar refractivity (Wildman–Crippen MR) is 92.0 cm³/mol. The largest absolute Gasteiger partial charge is 0.496 e. The average molecular weight is 329 g/mol. The van der Waals surface area contributed by atoms with E-state index in [1.165, 1.54) is 27.5 Å². The highest BCUT2D eigenvalue weighted by Gasteiger charge is 2.10. The van der Waals surface area contributed by atoms with Gasteiger partial charge in [-0.25, -0.2) is 5.43 Å². The number of nitrogen functional groups attached to an aromatic ring is 1. The van der Waals surface area contributed by atoms with Crippen molar-refractivity contribution >= 4 is 17.8 Å². The first kappa shape index (κ1) is 17.1. The summed E-state index contributed by atoms with van der Waals surface area (Å²) in [7, 11) is 4.61. The van der Waals surface area contributed by atoms with Crippen molar-refractivity contribution in [3.05, 3.63) is 47.5 Å². The van der Waals surface area contributed by atoms with Crippen LogP contribution in [0.25, 0.3) is 0 Å². The van der Waals surface area contributed by atoms with Crippen molar-refractivity contribution in [1.82, 2.24) is 5.43 Å². The molecule has 0 aliphatic rings. The van der Waals surface area contributed by atoms with E-state index in [0.717, 1.165) is 0 Å². The minimum absolute atomic E-state index is 0.342. The first-order valence-electron chi connectivity index (χ1n) is 7.08. The van der Waals surface area contributed by atoms with Gasteiger partial charge in [-0.1, -0.05) is 0 Å². The molecule has 3 N–H and O–H groups in total. The van der Waals surface area contributed by atoms with Crippen molar-refractivity contribution in [3.63, 3.8) is 0 Å². The molecule has 126 valence electrons. The monoisotopic (exact) mass is 329 g/mol. The van der Waals surface area contributed by atoms with Gasteiger partial charge in [0.15, 0.2) is 11.5 Å². The van der Waals surface area contributed by atoms with Crippen LogP contribution in [0.4, 0.5) is 5.69 Å². The minimum atomic E-state index is -0.342. The predicted octanol–water partition coefficient (Wildman–Crippen LogP) is 2.06. The summed E-state index contributed by atoms with van der Waals surface area (Å²) in [6.45, 7) is 0. The normalized spacial score (nSPS) is 10.5. The molecule has 0 unspecified atom stereocenters. The van der Waals surface area contributed by atoms with E-state index in [0.29, 0.717) is 34.1 Å². The van der Waals surface area contributed by atoms with Crippen LogP contribution in [0, 0.1) is 0 Å². The summed E-state index contributed by atoms with van der Waals surface area (Å²) in [5.41, 5.74) is 9.71. The third-order valence-electron chi connectivity index (χ3n) is 3.28. The van der Waals surface area contributed by atoms with E-state index in [1.807, 2.05) is 0 Å². The fraction of sp³-hybridized carbons (Fsp3) is 0.176. The summed E-state index contributed by atoms with van der Waals surface area (Å²) >= 11 is 0. The van der Waals surface area contributed by atoms with Crippen molar-refractivity contribution in [2.75, 3.05) is 27.1 Å². The van der Waals surface area contributed by atoms with Crippen molar-refractivity contribution < 1.29 is 19.0 Å². The number of benzene rings is 2. The van der Waals surface area contributed by atoms with Crippen LogP contribution >= 0.6 is 0 Å². The number of rotatable bonds is 6. The number of methoxy groups -OCH3 is 3. The van der Waals surface area contributed by atoms with Gasteiger partial charge in [-0.2, -0.15) is 5.10 Å². The Morgan fingerprint density at radius 2 is 1.58 bits per heavy atom. The number of hydrazone groups is 1. The number of carbonyl (C=O) groups is 1. The van der Waals surface area contributed by atoms with Crippen LogP contribution in [0.2, 0.25) is 0 Å². The Bertz CT molecular complexity index is 742. The minimum Gasteiger partial charge on any atom is -0.496 e. The molecule has 0 aliphatic carbocycles. The van der Waals surface area contributed by atoms with Gasteiger partial charge in [0.2, 0.25) is 0 Å². The van der Waals surface area contributed by atoms with Gasteiger partial charge in [-0.05, 0) is 30.3 Å². The highest BCUT2D eigenvalue weighted by molar-refractivity contribution is 5.95. The molecule has 0 aromatic heterocycles. The second-order valence-corrected chi connectivity index (χ2v) is 4.77. The van der Waals surface area contributed by atoms with Crippen molar-refractivity contribution in [2.24, 2.45) is 5.10 Å². The third kappa shape index (κ3) is 3.95. The molecule has 1 amide bonds. The lowest BCUT2D eigenvalue weighted by molar-refractivity contribution is 0.0955. The Morgan fingerprint density at radius 1 is 1.00 bits per heavy atom. The number of nitrogens with two attached hydrogens (primary N) is 1. The SMILES string of the molecule is COc1cc(OC)c(OC)cc1/C=N/NC(=O)c1ccc(N)cc1. The highest BCUT2D eigenvalue weighted by Crippen LogP contribution is 2.33. The van der Waals surface area contributed by atoms with Crippen LogP contribution in [-0.4, -0.2) is 33.5 Å². The van der Waals surface area contributed by atoms with Crippen molar-refractivity contribution in [3.8, 4) is 17.2 Å². The molecule has 7 nitrogen and oxygen atoms in total. The molecule has 0 bridgehead atoms. The van der Waals surface area contributed by atoms with E-state index in [9.17, 15) is 4.79 Å². The van der Waals surface area contributed by atoms with Crippen LogP contribution in [0.1, 0.15) is 15.9 Å². The van der Waals surface area contributed by atoms with Crippen LogP contribution in [0.3, 0.4) is 0 Å². The maximum atomic E-state index is 12.0. The first-order valence-corrected chi connectivity index (χ1v) is 7.08. The number of hydrogen-bond donors (Lipinski definition) is 2. The van der Waals surface area contributed by atoms with Crippen LogP contribution in [-0.2, 0) is 0 Å². The summed E-state index contributed by atoms with van der Waals surface area (Å²) < 4.78 is 15.7. The Hall–Kier alpha value is -3.22. The second kappa shape index (κ2) is 7.87. The zero-order valence-electron chi connectivity index (χ0n) is 13.7. The Kier molecular flexibility index (Phi) is 5.62. The number of carbonyl (C=O) groups excluding carboxylic acids is 1. The van der Waals surface area contributed by atoms with Gasteiger partial charge in [0.25, 0.3) is 5.91 Å². The number of amides is 1. The molecule has 2 aromatic carbocycles. The highest BCUT2D eigenvalue weighted by atomic mass is 16.5. The summed E-state index contributed by atoms with van der Waals surface area (Å²) in [6.07, 6.45) is 1.47. The molecular weight excluding hydrogens is 310 g/mol. The zero-order chi connectivity index (χ0) is 17.5. The fourth-order valence-corrected chi connectivity index (χ4v) is 2.01. The number of anilines is 1. The Balaban J connectivity index is 2.16. The Morgan fingerprint density at radius 3 is 2.17 bits per heavy atom. The molecule has 0 heterocycles. The van der Waals surface area contributed by atoms with E-state index in [1.54, 1.807) is 36.4 Å². The quantitative estimate of drug-likeness (QED) is 0.480. The zero-order valence-corrected chi connectivity index (χ0v) is 13.7. The van der Waals surface area contributed by atoms with Gasteiger partial charge in [0, 0.05) is 22.9 Å². The Labute approximate surface area is 140 Å². The number of hydrogen-bond acceptors (Lipinski definition) is 6. The molecule has 0 atom stereocenters. The lowest BCUT2D eigenvalue weighted by Crippen LogP contribution is -2.17. The number of nitrogens with zero attached hydrogens (tertiary/aromatic N) is 1. The van der Waals surface area contributed by atoms with Gasteiger partial charge < -0.3 is 19.9 Å². The number of ether oxygens (including phenoxy) is 3. The third-order valence-corrected chi connectivity index (χ3v) is 3.28. The van der Waals surface area contributed by atoms with E-state index in [2.05, 4.69) is 10.5 Å². The molecule has 24 heavy (non-hydrogen) atoms. The average Bonchev–Trinajstić information content (AvgIpc) is 2.61. The molecule has 2 aromatic rings. The van der Waals surface area contributed by atoms with Gasteiger partial charge in [0.1, 0.15) is 5.75 Å². The molecular formula is C17H19N3O4. The second-order valence-electron chi connectivity index (χ2n) is 4.77. The molecule has 2 rings (SSSR count). The maximum Gasteiger partial charge on any atom is 0.271 e. The van der Waals surface area contributed by atoms with Gasteiger partial charge in [0.05, 0.1) is 27.5 Å². The molecule has 0 saturated heterocycles. The smallest absolute Gasteiger partial charge is 0.271 e. The lowest BCUT2D eigenvalue weighted by atomic mass is 10.2. The van der Waals surface area contributed by atoms with E-state index < -0.39 is 0 Å². The molecule has 0 fully saturated rings. The van der Waals surface area contributed by atoms with Gasteiger partial charge in [-0.3, -0.25) is 4.79 Å². The van der Waals surface area contributed by atoms with Gasteiger partial charge in [-0.15, -0.1) is 0 Å². The standard InChI is InChI=1S/C17H19N3O4/c1-22-14-9-16(24-3)15(23-2)8-12(14)10-19-20-17(21)11-4-6-13(18)7-5-11/h4-10H,18H2,1-3H3,(H,20,21)/b19-10+. The number of nitrogens with one attached hydrogen (secondary N) is 1. The molecule has 0 spiro atoms. The van der Waals surface area contributed by atoms with Crippen LogP contribution < -0.4 is 25.4 Å². The molecule has 7 heteroatoms. The summed E-state index contributed by atoms with van der Waals surface area (Å²) in [6, 6.07) is 9.93. The lowest BCUT2D eigenvalue weighted by Gasteiger charge is -2.11. The van der Waals surface area contributed by atoms with E-state index in [4.69, 9.17) is 19.9 Å². The topological polar surface area (TPSA) is 95.2 Å². The fourth-order valence-electron chi connectivity index (χ4n) is 2.01. The van der Waals surface area contributed by atoms with Crippen LogP contribution in [0.15, 0.2) is 41.5 Å². The van der Waals surface area contributed by atoms with Crippen molar-refractivity contribution in [1.29, 1.82) is 0 Å². The van der Waals surface area contributed by atoms with E-state index >= 15 is 0 Å².